The predicted molar refractivity (Wildman–Crippen MR) is 163 cm³/mol. The maximum atomic E-state index is 13.8. The summed E-state index contributed by atoms with van der Waals surface area (Å²) in [6.45, 7) is 1.72. The fraction of sp³-hybridized carbons (Fsp3) is 0.367. The summed E-state index contributed by atoms with van der Waals surface area (Å²) in [6.07, 6.45) is 1.98. The molecule has 1 aliphatic heterocycles. The molecule has 4 rings (SSSR count). The minimum atomic E-state index is -3.59. The first kappa shape index (κ1) is 32.8. The minimum absolute atomic E-state index is 0.0472. The van der Waals surface area contributed by atoms with Crippen LogP contribution in [-0.4, -0.2) is 74.3 Å². The zero-order chi connectivity index (χ0) is 31.7. The fourth-order valence-electron chi connectivity index (χ4n) is 4.72. The molecule has 0 radical (unpaired) electrons. The second-order valence-corrected chi connectivity index (χ2v) is 12.3. The van der Waals surface area contributed by atoms with Crippen LogP contribution in [-0.2, 0) is 23.0 Å². The summed E-state index contributed by atoms with van der Waals surface area (Å²) in [6, 6.07) is 15.0. The van der Waals surface area contributed by atoms with Gasteiger partial charge in [0, 0.05) is 43.0 Å². The summed E-state index contributed by atoms with van der Waals surface area (Å²) >= 11 is 0. The molecule has 2 amide bonds. The topological polar surface area (TPSA) is 152 Å². The lowest BCUT2D eigenvalue weighted by Crippen LogP contribution is -2.46. The summed E-state index contributed by atoms with van der Waals surface area (Å²) in [7, 11) is -3.59. The number of hydrogen-bond acceptors (Lipinski definition) is 8. The van der Waals surface area contributed by atoms with Gasteiger partial charge in [0.25, 0.3) is 0 Å². The van der Waals surface area contributed by atoms with Crippen LogP contribution in [0.3, 0.4) is 0 Å². The number of halogens is 2. The van der Waals surface area contributed by atoms with E-state index < -0.39 is 27.9 Å². The van der Waals surface area contributed by atoms with Gasteiger partial charge in [-0.05, 0) is 73.8 Å². The standard InChI is InChI=1S/C30H37F2N5O6S/c1-44(41,42)36-27-17-25(7-9-28(27)38)43-29(39)19-33-13-10-20-2-5-23(6-3-20)35-24-11-14-37(15-12-24)30(40)34-18-21-16-22(31)4-8-26(21)32/h2-9,16-17,24,29,33,35-36,38-39H,10-15,18-19H2,1H3,(H,34,40)/t29-/m1/s1. The van der Waals surface area contributed by atoms with Crippen LogP contribution in [0.25, 0.3) is 0 Å². The number of rotatable bonds is 13. The molecule has 0 unspecified atom stereocenters. The molecule has 3 aromatic rings. The van der Waals surface area contributed by atoms with Crippen molar-refractivity contribution in [2.24, 2.45) is 0 Å². The Balaban J connectivity index is 1.12. The Labute approximate surface area is 255 Å². The van der Waals surface area contributed by atoms with Crippen molar-refractivity contribution in [3.8, 4) is 11.5 Å². The first-order valence-corrected chi connectivity index (χ1v) is 16.0. The molecule has 3 aromatic carbocycles. The number of hydrogen-bond donors (Lipinski definition) is 6. The highest BCUT2D eigenvalue weighted by Gasteiger charge is 2.23. The number of sulfonamides is 1. The summed E-state index contributed by atoms with van der Waals surface area (Å²) in [4.78, 5) is 14.2. The van der Waals surface area contributed by atoms with Crippen molar-refractivity contribution in [2.75, 3.05) is 42.5 Å². The van der Waals surface area contributed by atoms with Gasteiger partial charge in [0.15, 0.2) is 0 Å². The summed E-state index contributed by atoms with van der Waals surface area (Å²) in [5, 5.41) is 29.3. The molecule has 11 nitrogen and oxygen atoms in total. The van der Waals surface area contributed by atoms with E-state index in [-0.39, 0.29) is 47.9 Å². The number of piperidine rings is 1. The highest BCUT2D eigenvalue weighted by Crippen LogP contribution is 2.29. The molecule has 238 valence electrons. The van der Waals surface area contributed by atoms with E-state index in [1.54, 1.807) is 4.90 Å². The van der Waals surface area contributed by atoms with Crippen molar-refractivity contribution in [1.29, 1.82) is 0 Å². The van der Waals surface area contributed by atoms with Gasteiger partial charge in [-0.1, -0.05) is 12.1 Å². The Morgan fingerprint density at radius 3 is 2.50 bits per heavy atom. The van der Waals surface area contributed by atoms with Crippen LogP contribution in [0.1, 0.15) is 24.0 Å². The van der Waals surface area contributed by atoms with Crippen LogP contribution in [0, 0.1) is 11.6 Å². The van der Waals surface area contributed by atoms with E-state index in [0.29, 0.717) is 26.1 Å². The van der Waals surface area contributed by atoms with Gasteiger partial charge in [0.1, 0.15) is 23.1 Å². The lowest BCUT2D eigenvalue weighted by Gasteiger charge is -2.33. The van der Waals surface area contributed by atoms with Crippen LogP contribution < -0.4 is 25.4 Å². The summed E-state index contributed by atoms with van der Waals surface area (Å²) in [5.74, 6) is -1.18. The Kier molecular flexibility index (Phi) is 11.2. The molecule has 44 heavy (non-hydrogen) atoms. The number of nitrogens with one attached hydrogen (secondary N) is 4. The fourth-order valence-corrected chi connectivity index (χ4v) is 5.28. The Morgan fingerprint density at radius 1 is 1.07 bits per heavy atom. The Hall–Kier alpha value is -4.14. The van der Waals surface area contributed by atoms with Gasteiger partial charge in [0.05, 0.1) is 18.5 Å². The number of phenols is 1. The van der Waals surface area contributed by atoms with Gasteiger partial charge < -0.3 is 35.8 Å². The third-order valence-electron chi connectivity index (χ3n) is 6.99. The molecule has 0 aliphatic carbocycles. The SMILES string of the molecule is CS(=O)(=O)Nc1cc(O[C@@H](O)CNCCc2ccc(NC3CCN(C(=O)NCc4cc(F)ccc4F)CC3)cc2)ccc1O. The van der Waals surface area contributed by atoms with E-state index in [9.17, 15) is 32.2 Å². The molecule has 1 heterocycles. The third kappa shape index (κ3) is 10.2. The molecule has 0 bridgehead atoms. The molecule has 1 saturated heterocycles. The first-order chi connectivity index (χ1) is 20.9. The van der Waals surface area contributed by atoms with Gasteiger partial charge >= 0.3 is 6.03 Å². The van der Waals surface area contributed by atoms with Crippen molar-refractivity contribution in [3.63, 3.8) is 0 Å². The van der Waals surface area contributed by atoms with Crippen molar-refractivity contribution >= 4 is 27.4 Å². The van der Waals surface area contributed by atoms with E-state index in [4.69, 9.17) is 4.74 Å². The molecule has 14 heteroatoms. The Morgan fingerprint density at radius 2 is 1.80 bits per heavy atom. The van der Waals surface area contributed by atoms with Crippen LogP contribution in [0.2, 0.25) is 0 Å². The quantitative estimate of drug-likeness (QED) is 0.0953. The van der Waals surface area contributed by atoms with Crippen LogP contribution in [0.4, 0.5) is 25.0 Å². The monoisotopic (exact) mass is 633 g/mol. The molecular formula is C30H37F2N5O6S. The second-order valence-electron chi connectivity index (χ2n) is 10.6. The normalized spacial score (nSPS) is 14.6. The first-order valence-electron chi connectivity index (χ1n) is 14.1. The third-order valence-corrected chi connectivity index (χ3v) is 7.58. The predicted octanol–water partition coefficient (Wildman–Crippen LogP) is 3.36. The molecule has 1 atom stereocenters. The molecule has 6 N–H and O–H groups in total. The van der Waals surface area contributed by atoms with Gasteiger partial charge in [0.2, 0.25) is 16.3 Å². The minimum Gasteiger partial charge on any atom is -0.506 e. The molecule has 1 aliphatic rings. The van der Waals surface area contributed by atoms with Crippen molar-refractivity contribution in [2.45, 2.75) is 38.1 Å². The lowest BCUT2D eigenvalue weighted by molar-refractivity contribution is -0.0149. The lowest BCUT2D eigenvalue weighted by atomic mass is 10.0. The van der Waals surface area contributed by atoms with Crippen molar-refractivity contribution < 1.29 is 36.9 Å². The molecule has 0 aromatic heterocycles. The number of ether oxygens (including phenoxy) is 1. The van der Waals surface area contributed by atoms with E-state index in [1.807, 2.05) is 24.3 Å². The summed E-state index contributed by atoms with van der Waals surface area (Å²) in [5.41, 5.74) is 2.12. The molecular weight excluding hydrogens is 596 g/mol. The number of carbonyl (C=O) groups is 1. The number of urea groups is 1. The number of phenolic OH excluding ortho intramolecular Hbond substituents is 1. The molecule has 0 spiro atoms. The number of aromatic hydroxyl groups is 1. The van der Waals surface area contributed by atoms with Gasteiger partial charge in [-0.2, -0.15) is 0 Å². The van der Waals surface area contributed by atoms with Gasteiger partial charge in [-0.25, -0.2) is 22.0 Å². The number of aliphatic hydroxyl groups is 1. The largest absolute Gasteiger partial charge is 0.506 e. The number of likely N-dealkylation sites (tertiary alicyclic amines) is 1. The number of amides is 2. The molecule has 1 fully saturated rings. The average molecular weight is 634 g/mol. The molecule has 0 saturated carbocycles. The van der Waals surface area contributed by atoms with Crippen molar-refractivity contribution in [3.05, 3.63) is 83.4 Å². The van der Waals surface area contributed by atoms with E-state index in [1.165, 1.54) is 18.2 Å². The van der Waals surface area contributed by atoms with E-state index in [2.05, 4.69) is 20.7 Å². The van der Waals surface area contributed by atoms with Gasteiger partial charge in [-0.3, -0.25) is 4.72 Å². The van der Waals surface area contributed by atoms with Gasteiger partial charge in [-0.15, -0.1) is 0 Å². The Bertz CT molecular complexity index is 1520. The summed E-state index contributed by atoms with van der Waals surface area (Å²) < 4.78 is 57.6. The van der Waals surface area contributed by atoms with Crippen LogP contribution >= 0.6 is 0 Å². The van der Waals surface area contributed by atoms with Crippen LogP contribution in [0.5, 0.6) is 11.5 Å². The van der Waals surface area contributed by atoms with Crippen LogP contribution in [0.15, 0.2) is 60.7 Å². The zero-order valence-electron chi connectivity index (χ0n) is 24.2. The number of anilines is 2. The maximum Gasteiger partial charge on any atom is 0.317 e. The number of nitrogens with zero attached hydrogens (tertiary/aromatic N) is 1. The highest BCUT2D eigenvalue weighted by molar-refractivity contribution is 7.92. The van der Waals surface area contributed by atoms with Crippen molar-refractivity contribution in [1.82, 2.24) is 15.5 Å². The maximum absolute atomic E-state index is 13.8. The number of aliphatic hydroxyl groups excluding tert-OH is 1. The zero-order valence-corrected chi connectivity index (χ0v) is 25.0. The number of benzene rings is 3. The van der Waals surface area contributed by atoms with E-state index >= 15 is 0 Å². The van der Waals surface area contributed by atoms with E-state index in [0.717, 1.165) is 48.5 Å². The smallest absolute Gasteiger partial charge is 0.317 e. The second kappa shape index (κ2) is 15.0. The number of carbonyl (C=O) groups excluding carboxylic acids is 1. The average Bonchev–Trinajstić information content (AvgIpc) is 2.98. The highest BCUT2D eigenvalue weighted by atomic mass is 32.2.